The van der Waals surface area contributed by atoms with Crippen LogP contribution >= 0.6 is 46.4 Å². The average Bonchev–Trinajstić information content (AvgIpc) is 2.78. The van der Waals surface area contributed by atoms with Crippen LogP contribution in [0.5, 0.6) is 5.75 Å². The molecule has 1 fully saturated rings. The van der Waals surface area contributed by atoms with Gasteiger partial charge in [0.05, 0.1) is 10.7 Å². The Kier molecular flexibility index (Phi) is 7.14. The van der Waals surface area contributed by atoms with E-state index in [4.69, 9.17) is 51.1 Å². The van der Waals surface area contributed by atoms with E-state index in [0.717, 1.165) is 4.90 Å². The highest BCUT2D eigenvalue weighted by atomic mass is 35.5. The van der Waals surface area contributed by atoms with Crippen molar-refractivity contribution in [3.63, 3.8) is 0 Å². The first-order valence-corrected chi connectivity index (χ1v) is 11.3. The standard InChI is InChI=1S/C24H14Cl4N2O4/c25-15-5-7-17(8-6-15)30-23(32)18(22(31)29-24(30)33)10-14-9-16(26)11-20(28)21(14)34-12-13-3-1-2-4-19(13)27/h1-11H,12H2,(H,29,31,33)/b18-10+. The maximum atomic E-state index is 13.2. The second-order valence-electron chi connectivity index (χ2n) is 7.12. The highest BCUT2D eigenvalue weighted by Crippen LogP contribution is 2.35. The number of hydrogen-bond donors (Lipinski definition) is 1. The molecule has 34 heavy (non-hydrogen) atoms. The Morgan fingerprint density at radius 2 is 1.56 bits per heavy atom. The van der Waals surface area contributed by atoms with E-state index in [-0.39, 0.29) is 39.2 Å². The van der Waals surface area contributed by atoms with Crippen LogP contribution in [0, 0.1) is 0 Å². The van der Waals surface area contributed by atoms with Crippen LogP contribution in [-0.2, 0) is 16.2 Å². The summed E-state index contributed by atoms with van der Waals surface area (Å²) in [5.74, 6) is -1.51. The van der Waals surface area contributed by atoms with Crippen LogP contribution < -0.4 is 15.0 Å². The second kappa shape index (κ2) is 10.1. The molecule has 0 bridgehead atoms. The molecule has 3 aromatic rings. The molecule has 1 aliphatic rings. The number of amides is 4. The normalized spacial score (nSPS) is 15.0. The molecule has 1 N–H and O–H groups in total. The number of urea groups is 1. The van der Waals surface area contributed by atoms with E-state index in [9.17, 15) is 14.4 Å². The zero-order chi connectivity index (χ0) is 24.4. The van der Waals surface area contributed by atoms with Gasteiger partial charge in [-0.05, 0) is 48.5 Å². The molecule has 0 aliphatic carbocycles. The molecule has 0 radical (unpaired) electrons. The van der Waals surface area contributed by atoms with E-state index in [1.54, 1.807) is 18.2 Å². The molecule has 1 aliphatic heterocycles. The molecule has 3 aromatic carbocycles. The van der Waals surface area contributed by atoms with Crippen molar-refractivity contribution in [1.29, 1.82) is 0 Å². The number of carbonyl (C=O) groups excluding carboxylic acids is 3. The minimum Gasteiger partial charge on any atom is -0.487 e. The summed E-state index contributed by atoms with van der Waals surface area (Å²) in [6, 6.07) is 15.2. The quantitative estimate of drug-likeness (QED) is 0.297. The van der Waals surface area contributed by atoms with Gasteiger partial charge in [-0.25, -0.2) is 9.69 Å². The second-order valence-corrected chi connectivity index (χ2v) is 8.81. The van der Waals surface area contributed by atoms with Crippen LogP contribution in [0.2, 0.25) is 20.1 Å². The lowest BCUT2D eigenvalue weighted by Gasteiger charge is -2.26. The summed E-state index contributed by atoms with van der Waals surface area (Å²) in [5.41, 5.74) is 0.910. The fraction of sp³-hybridized carbons (Fsp3) is 0.0417. The summed E-state index contributed by atoms with van der Waals surface area (Å²) in [6.07, 6.45) is 1.27. The first-order valence-electron chi connectivity index (χ1n) is 9.77. The first-order chi connectivity index (χ1) is 16.2. The zero-order valence-electron chi connectivity index (χ0n) is 17.2. The van der Waals surface area contributed by atoms with E-state index in [2.05, 4.69) is 5.32 Å². The smallest absolute Gasteiger partial charge is 0.335 e. The lowest BCUT2D eigenvalue weighted by atomic mass is 10.1. The maximum absolute atomic E-state index is 13.2. The summed E-state index contributed by atoms with van der Waals surface area (Å²) in [4.78, 5) is 39.0. The Morgan fingerprint density at radius 1 is 0.853 bits per heavy atom. The van der Waals surface area contributed by atoms with Gasteiger partial charge in [0.25, 0.3) is 11.8 Å². The zero-order valence-corrected chi connectivity index (χ0v) is 20.2. The summed E-state index contributed by atoms with van der Waals surface area (Å²) >= 11 is 24.6. The van der Waals surface area contributed by atoms with Crippen molar-refractivity contribution in [2.45, 2.75) is 6.61 Å². The lowest BCUT2D eigenvalue weighted by molar-refractivity contribution is -0.122. The summed E-state index contributed by atoms with van der Waals surface area (Å²) in [7, 11) is 0. The van der Waals surface area contributed by atoms with Gasteiger partial charge >= 0.3 is 6.03 Å². The predicted molar refractivity (Wildman–Crippen MR) is 133 cm³/mol. The topological polar surface area (TPSA) is 75.7 Å². The van der Waals surface area contributed by atoms with Crippen LogP contribution in [0.15, 0.2) is 66.2 Å². The number of rotatable bonds is 5. The Bertz CT molecular complexity index is 1340. The van der Waals surface area contributed by atoms with Crippen molar-refractivity contribution < 1.29 is 19.1 Å². The number of anilines is 1. The number of nitrogens with one attached hydrogen (secondary N) is 1. The third kappa shape index (κ3) is 5.05. The van der Waals surface area contributed by atoms with Gasteiger partial charge in [0, 0.05) is 26.2 Å². The van der Waals surface area contributed by atoms with Crippen LogP contribution in [0.3, 0.4) is 0 Å². The monoisotopic (exact) mass is 534 g/mol. The Labute approximate surface area is 214 Å². The van der Waals surface area contributed by atoms with E-state index in [0.29, 0.717) is 15.6 Å². The van der Waals surface area contributed by atoms with E-state index < -0.39 is 17.8 Å². The van der Waals surface area contributed by atoms with Crippen molar-refractivity contribution in [3.8, 4) is 5.75 Å². The SMILES string of the molecule is O=C1NC(=O)N(c2ccc(Cl)cc2)C(=O)/C1=C/c1cc(Cl)cc(Cl)c1OCc1ccccc1Cl. The van der Waals surface area contributed by atoms with E-state index >= 15 is 0 Å². The molecule has 0 spiro atoms. The average molecular weight is 536 g/mol. The molecule has 10 heteroatoms. The minimum atomic E-state index is -0.881. The molecule has 1 heterocycles. The third-order valence-electron chi connectivity index (χ3n) is 4.85. The van der Waals surface area contributed by atoms with Crippen molar-refractivity contribution in [1.82, 2.24) is 5.32 Å². The summed E-state index contributed by atoms with van der Waals surface area (Å²) in [5, 5.41) is 3.52. The number of carbonyl (C=O) groups is 3. The fourth-order valence-electron chi connectivity index (χ4n) is 3.24. The number of imide groups is 2. The van der Waals surface area contributed by atoms with Crippen LogP contribution in [0.4, 0.5) is 10.5 Å². The lowest BCUT2D eigenvalue weighted by Crippen LogP contribution is -2.54. The highest BCUT2D eigenvalue weighted by molar-refractivity contribution is 6.40. The number of ether oxygens (including phenoxy) is 1. The summed E-state index contributed by atoms with van der Waals surface area (Å²) < 4.78 is 5.89. The molecule has 6 nitrogen and oxygen atoms in total. The molecule has 0 unspecified atom stereocenters. The van der Waals surface area contributed by atoms with Gasteiger partial charge in [-0.3, -0.25) is 14.9 Å². The van der Waals surface area contributed by atoms with Crippen LogP contribution in [0.1, 0.15) is 11.1 Å². The maximum Gasteiger partial charge on any atom is 0.335 e. The third-order valence-corrected chi connectivity index (χ3v) is 5.97. The van der Waals surface area contributed by atoms with Gasteiger partial charge in [0.1, 0.15) is 17.9 Å². The molecule has 172 valence electrons. The van der Waals surface area contributed by atoms with E-state index in [1.165, 1.54) is 42.5 Å². The van der Waals surface area contributed by atoms with Crippen molar-refractivity contribution in [2.75, 3.05) is 4.90 Å². The Morgan fingerprint density at radius 3 is 2.26 bits per heavy atom. The van der Waals surface area contributed by atoms with Crippen molar-refractivity contribution >= 4 is 76.0 Å². The highest BCUT2D eigenvalue weighted by Gasteiger charge is 2.37. The Hall–Kier alpha value is -3.03. The number of halogens is 4. The molecule has 1 saturated heterocycles. The van der Waals surface area contributed by atoms with Crippen molar-refractivity contribution in [2.24, 2.45) is 0 Å². The number of hydrogen-bond acceptors (Lipinski definition) is 4. The number of nitrogens with zero attached hydrogens (tertiary/aromatic N) is 1. The van der Waals surface area contributed by atoms with Crippen molar-refractivity contribution in [3.05, 3.63) is 97.5 Å². The molecule has 4 rings (SSSR count). The van der Waals surface area contributed by atoms with Gasteiger partial charge in [0.15, 0.2) is 0 Å². The van der Waals surface area contributed by atoms with Gasteiger partial charge < -0.3 is 4.74 Å². The molecule has 0 saturated carbocycles. The minimum absolute atomic E-state index is 0.0761. The number of benzene rings is 3. The number of barbiturate groups is 1. The van der Waals surface area contributed by atoms with Gasteiger partial charge in [-0.1, -0.05) is 64.6 Å². The molecule has 4 amide bonds. The van der Waals surface area contributed by atoms with Crippen LogP contribution in [-0.4, -0.2) is 17.8 Å². The predicted octanol–water partition coefficient (Wildman–Crippen LogP) is 6.55. The molecular formula is C24H14Cl4N2O4. The Balaban J connectivity index is 1.72. The van der Waals surface area contributed by atoms with Gasteiger partial charge in [-0.15, -0.1) is 0 Å². The molecule has 0 aromatic heterocycles. The largest absolute Gasteiger partial charge is 0.487 e. The fourth-order valence-corrected chi connectivity index (χ4v) is 4.12. The van der Waals surface area contributed by atoms with Gasteiger partial charge in [-0.2, -0.15) is 0 Å². The summed E-state index contributed by atoms with van der Waals surface area (Å²) in [6.45, 7) is 0.0761. The first kappa shape index (κ1) is 24.1. The van der Waals surface area contributed by atoms with Gasteiger partial charge in [0.2, 0.25) is 0 Å². The molecular weight excluding hydrogens is 522 g/mol. The molecule has 0 atom stereocenters. The van der Waals surface area contributed by atoms with Crippen LogP contribution in [0.25, 0.3) is 6.08 Å². The van der Waals surface area contributed by atoms with E-state index in [1.807, 2.05) is 6.07 Å².